The fraction of sp³-hybridized carbons (Fsp3) is 0.190. The molecule has 6 heteroatoms. The molecule has 0 spiro atoms. The number of nitrogens with zero attached hydrogens (tertiary/aromatic N) is 4. The van der Waals surface area contributed by atoms with E-state index in [0.717, 1.165) is 17.8 Å². The Morgan fingerprint density at radius 3 is 2.81 bits per heavy atom. The van der Waals surface area contributed by atoms with Gasteiger partial charge in [0, 0.05) is 26.0 Å². The van der Waals surface area contributed by atoms with Gasteiger partial charge in [0.1, 0.15) is 0 Å². The van der Waals surface area contributed by atoms with Gasteiger partial charge >= 0.3 is 0 Å². The summed E-state index contributed by atoms with van der Waals surface area (Å²) in [6.45, 7) is 0. The molecule has 6 nitrogen and oxygen atoms in total. The molecule has 2 heterocycles. The van der Waals surface area contributed by atoms with Crippen LogP contribution in [-0.4, -0.2) is 28.6 Å². The Kier molecular flexibility index (Phi) is 4.46. The predicted octanol–water partition coefficient (Wildman–Crippen LogP) is 3.66. The molecule has 0 saturated carbocycles. The van der Waals surface area contributed by atoms with Gasteiger partial charge in [0.2, 0.25) is 5.95 Å². The quantitative estimate of drug-likeness (QED) is 0.770. The zero-order chi connectivity index (χ0) is 18.8. The first-order valence-corrected chi connectivity index (χ1v) is 8.87. The molecule has 1 aliphatic carbocycles. The summed E-state index contributed by atoms with van der Waals surface area (Å²) >= 11 is 0. The van der Waals surface area contributed by atoms with Crippen molar-refractivity contribution in [1.82, 2.24) is 14.5 Å². The molecule has 0 amide bonds. The maximum atomic E-state index is 13.4. The van der Waals surface area contributed by atoms with Crippen LogP contribution in [0.15, 0.2) is 71.8 Å². The monoisotopic (exact) mass is 359 g/mol. The highest BCUT2D eigenvalue weighted by molar-refractivity contribution is 5.83. The number of fused-ring (bicyclic) bond motifs is 1. The average molecular weight is 359 g/mol. The number of aromatic nitrogens is 3. The van der Waals surface area contributed by atoms with E-state index in [1.165, 1.54) is 0 Å². The molecule has 2 aromatic heterocycles. The van der Waals surface area contributed by atoms with Crippen LogP contribution in [0.3, 0.4) is 0 Å². The molecule has 0 radical (unpaired) electrons. The maximum absolute atomic E-state index is 13.4. The highest BCUT2D eigenvalue weighted by Crippen LogP contribution is 2.25. The number of pyridine rings is 1. The van der Waals surface area contributed by atoms with E-state index >= 15 is 0 Å². The van der Waals surface area contributed by atoms with Gasteiger partial charge in [-0.15, -0.1) is 0 Å². The first-order valence-electron chi connectivity index (χ1n) is 8.87. The van der Waals surface area contributed by atoms with Crippen LogP contribution in [0, 0.1) is 0 Å². The Labute approximate surface area is 157 Å². The molecule has 3 aromatic rings. The highest BCUT2D eigenvalue weighted by Gasteiger charge is 2.18. The molecule has 1 aliphatic rings. The molecule has 1 aromatic carbocycles. The molecular formula is C21H21N5O. The number of anilines is 3. The molecule has 136 valence electrons. The van der Waals surface area contributed by atoms with Crippen molar-refractivity contribution >= 4 is 28.2 Å². The van der Waals surface area contributed by atoms with Crippen LogP contribution in [0.5, 0.6) is 0 Å². The minimum atomic E-state index is -0.0819. The smallest absolute Gasteiger partial charge is 0.263 e. The van der Waals surface area contributed by atoms with E-state index in [1.807, 2.05) is 67.6 Å². The SMILES string of the molecule is CN(C)c1ccc2nc(Nc3cccnc3)n(C3C=CC=CC3)c(=O)c2c1. The Hall–Kier alpha value is -3.41. The third-order valence-electron chi connectivity index (χ3n) is 4.61. The lowest BCUT2D eigenvalue weighted by atomic mass is 10.1. The predicted molar refractivity (Wildman–Crippen MR) is 110 cm³/mol. The van der Waals surface area contributed by atoms with Gasteiger partial charge < -0.3 is 10.2 Å². The van der Waals surface area contributed by atoms with Gasteiger partial charge in [-0.2, -0.15) is 0 Å². The van der Waals surface area contributed by atoms with Crippen molar-refractivity contribution in [1.29, 1.82) is 0 Å². The first-order chi connectivity index (χ1) is 13.1. The van der Waals surface area contributed by atoms with E-state index in [4.69, 9.17) is 4.98 Å². The van der Waals surface area contributed by atoms with Gasteiger partial charge in [-0.1, -0.05) is 24.3 Å². The third-order valence-corrected chi connectivity index (χ3v) is 4.61. The number of hydrogen-bond donors (Lipinski definition) is 1. The Balaban J connectivity index is 1.91. The fourth-order valence-electron chi connectivity index (χ4n) is 3.19. The number of allylic oxidation sites excluding steroid dienone is 4. The first kappa shape index (κ1) is 17.0. The zero-order valence-corrected chi connectivity index (χ0v) is 15.3. The maximum Gasteiger partial charge on any atom is 0.263 e. The van der Waals surface area contributed by atoms with E-state index in [1.54, 1.807) is 17.0 Å². The molecule has 0 aliphatic heterocycles. The Morgan fingerprint density at radius 2 is 2.11 bits per heavy atom. The van der Waals surface area contributed by atoms with Crippen LogP contribution in [-0.2, 0) is 0 Å². The molecule has 1 atom stereocenters. The van der Waals surface area contributed by atoms with E-state index in [9.17, 15) is 4.79 Å². The van der Waals surface area contributed by atoms with Crippen LogP contribution in [0.2, 0.25) is 0 Å². The van der Waals surface area contributed by atoms with Gasteiger partial charge in [-0.3, -0.25) is 14.3 Å². The fourth-order valence-corrected chi connectivity index (χ4v) is 3.19. The van der Waals surface area contributed by atoms with Crippen molar-refractivity contribution in [2.24, 2.45) is 0 Å². The number of hydrogen-bond acceptors (Lipinski definition) is 5. The zero-order valence-electron chi connectivity index (χ0n) is 15.3. The lowest BCUT2D eigenvalue weighted by Crippen LogP contribution is -2.28. The minimum Gasteiger partial charge on any atom is -0.378 e. The van der Waals surface area contributed by atoms with Crippen molar-refractivity contribution in [3.8, 4) is 0 Å². The van der Waals surface area contributed by atoms with Gasteiger partial charge in [0.15, 0.2) is 0 Å². The molecular weight excluding hydrogens is 338 g/mol. The van der Waals surface area contributed by atoms with E-state index in [2.05, 4.69) is 16.4 Å². The standard InChI is InChI=1S/C21H21N5O/c1-25(2)17-10-11-19-18(13-17)20(27)26(16-8-4-3-5-9-16)21(24-19)23-15-7-6-12-22-14-15/h3-8,10-14,16H,9H2,1-2H3,(H,23,24). The largest absolute Gasteiger partial charge is 0.378 e. The molecule has 0 bridgehead atoms. The van der Waals surface area contributed by atoms with Crippen LogP contribution in [0.4, 0.5) is 17.3 Å². The molecule has 0 saturated heterocycles. The Morgan fingerprint density at radius 1 is 1.22 bits per heavy atom. The molecule has 4 rings (SSSR count). The van der Waals surface area contributed by atoms with Crippen LogP contribution < -0.4 is 15.8 Å². The van der Waals surface area contributed by atoms with Crippen molar-refractivity contribution in [3.05, 3.63) is 77.4 Å². The number of rotatable bonds is 4. The number of benzene rings is 1. The van der Waals surface area contributed by atoms with Gasteiger partial charge in [-0.25, -0.2) is 4.98 Å². The van der Waals surface area contributed by atoms with Gasteiger partial charge in [0.05, 0.1) is 28.8 Å². The molecule has 1 N–H and O–H groups in total. The van der Waals surface area contributed by atoms with Gasteiger partial charge in [0.25, 0.3) is 5.56 Å². The molecule has 27 heavy (non-hydrogen) atoms. The lowest BCUT2D eigenvalue weighted by Gasteiger charge is -2.22. The lowest BCUT2D eigenvalue weighted by molar-refractivity contribution is 0.590. The van der Waals surface area contributed by atoms with Crippen molar-refractivity contribution in [2.75, 3.05) is 24.3 Å². The van der Waals surface area contributed by atoms with E-state index < -0.39 is 0 Å². The van der Waals surface area contributed by atoms with Crippen molar-refractivity contribution in [2.45, 2.75) is 12.5 Å². The third kappa shape index (κ3) is 3.33. The van der Waals surface area contributed by atoms with Crippen LogP contribution in [0.1, 0.15) is 12.5 Å². The van der Waals surface area contributed by atoms with E-state index in [-0.39, 0.29) is 11.6 Å². The summed E-state index contributed by atoms with van der Waals surface area (Å²) in [5.41, 5.74) is 2.38. The van der Waals surface area contributed by atoms with Crippen LogP contribution in [0.25, 0.3) is 10.9 Å². The normalized spacial score (nSPS) is 15.9. The van der Waals surface area contributed by atoms with Crippen molar-refractivity contribution < 1.29 is 0 Å². The summed E-state index contributed by atoms with van der Waals surface area (Å²) < 4.78 is 1.73. The van der Waals surface area contributed by atoms with Crippen molar-refractivity contribution in [3.63, 3.8) is 0 Å². The summed E-state index contributed by atoms with van der Waals surface area (Å²) in [6.07, 6.45) is 12.2. The molecule has 1 unspecified atom stereocenters. The summed E-state index contributed by atoms with van der Waals surface area (Å²) in [4.78, 5) is 24.3. The molecule has 0 fully saturated rings. The second-order valence-electron chi connectivity index (χ2n) is 6.69. The average Bonchev–Trinajstić information content (AvgIpc) is 2.69. The second kappa shape index (κ2) is 7.07. The second-order valence-corrected chi connectivity index (χ2v) is 6.69. The summed E-state index contributed by atoms with van der Waals surface area (Å²) in [6, 6.07) is 9.43. The van der Waals surface area contributed by atoms with Gasteiger partial charge in [-0.05, 0) is 36.8 Å². The number of nitrogens with one attached hydrogen (secondary N) is 1. The summed E-state index contributed by atoms with van der Waals surface area (Å²) in [7, 11) is 3.92. The van der Waals surface area contributed by atoms with Crippen LogP contribution >= 0.6 is 0 Å². The highest BCUT2D eigenvalue weighted by atomic mass is 16.1. The topological polar surface area (TPSA) is 63.1 Å². The van der Waals surface area contributed by atoms with E-state index in [0.29, 0.717) is 16.9 Å². The summed E-state index contributed by atoms with van der Waals surface area (Å²) in [5, 5.41) is 3.87. The minimum absolute atomic E-state index is 0.0555. The Bertz CT molecular complexity index is 1080. The summed E-state index contributed by atoms with van der Waals surface area (Å²) in [5.74, 6) is 0.517.